The number of aryl methyl sites for hydroxylation is 2. The summed E-state index contributed by atoms with van der Waals surface area (Å²) in [5.74, 6) is 1.24. The molecule has 5 nitrogen and oxygen atoms in total. The van der Waals surface area contributed by atoms with Crippen molar-refractivity contribution in [3.8, 4) is 0 Å². The van der Waals surface area contributed by atoms with E-state index in [0.29, 0.717) is 12.5 Å². The maximum Gasteiger partial charge on any atom is 0.228 e. The summed E-state index contributed by atoms with van der Waals surface area (Å²) in [6.07, 6.45) is 4.33. The first-order valence-corrected chi connectivity index (χ1v) is 6.63. The summed E-state index contributed by atoms with van der Waals surface area (Å²) in [6, 6.07) is 1.89. The van der Waals surface area contributed by atoms with Gasteiger partial charge in [-0.05, 0) is 32.2 Å². The van der Waals surface area contributed by atoms with E-state index in [0.717, 1.165) is 30.8 Å². The molecule has 2 atom stereocenters. The van der Waals surface area contributed by atoms with Gasteiger partial charge < -0.3 is 11.1 Å². The Balaban J connectivity index is 2.04. The van der Waals surface area contributed by atoms with E-state index >= 15 is 0 Å². The molecule has 1 fully saturated rings. The van der Waals surface area contributed by atoms with Gasteiger partial charge in [-0.25, -0.2) is 0 Å². The molecule has 1 aromatic rings. The molecule has 18 heavy (non-hydrogen) atoms. The van der Waals surface area contributed by atoms with Gasteiger partial charge in [0.1, 0.15) is 5.82 Å². The van der Waals surface area contributed by atoms with Crippen LogP contribution < -0.4 is 11.1 Å². The first-order chi connectivity index (χ1) is 8.61. The number of carbonyl (C=O) groups is 1. The van der Waals surface area contributed by atoms with Crippen LogP contribution >= 0.6 is 0 Å². The molecular weight excluding hydrogens is 228 g/mol. The van der Waals surface area contributed by atoms with Crippen molar-refractivity contribution in [3.05, 3.63) is 11.8 Å². The van der Waals surface area contributed by atoms with Gasteiger partial charge in [0.2, 0.25) is 5.91 Å². The van der Waals surface area contributed by atoms with Gasteiger partial charge in [0, 0.05) is 19.0 Å². The Bertz CT molecular complexity index is 427. The summed E-state index contributed by atoms with van der Waals surface area (Å²) in [4.78, 5) is 12.3. The minimum Gasteiger partial charge on any atom is -0.330 e. The molecule has 1 heterocycles. The third-order valence-electron chi connectivity index (χ3n) is 3.80. The van der Waals surface area contributed by atoms with Gasteiger partial charge in [-0.15, -0.1) is 0 Å². The molecule has 3 N–H and O–H groups in total. The molecule has 0 bridgehead atoms. The molecule has 100 valence electrons. The molecule has 1 aliphatic rings. The van der Waals surface area contributed by atoms with Crippen LogP contribution in [0.5, 0.6) is 0 Å². The summed E-state index contributed by atoms with van der Waals surface area (Å²) in [5.41, 5.74) is 6.67. The van der Waals surface area contributed by atoms with Gasteiger partial charge in [-0.2, -0.15) is 5.10 Å². The third kappa shape index (κ3) is 2.72. The summed E-state index contributed by atoms with van der Waals surface area (Å²) < 4.78 is 1.70. The van der Waals surface area contributed by atoms with Crippen molar-refractivity contribution in [2.45, 2.75) is 32.6 Å². The largest absolute Gasteiger partial charge is 0.330 e. The van der Waals surface area contributed by atoms with E-state index in [-0.39, 0.29) is 11.8 Å². The highest BCUT2D eigenvalue weighted by Gasteiger charge is 2.30. The van der Waals surface area contributed by atoms with Crippen LogP contribution in [0, 0.1) is 18.8 Å². The van der Waals surface area contributed by atoms with E-state index in [4.69, 9.17) is 5.73 Å². The van der Waals surface area contributed by atoms with Crippen molar-refractivity contribution in [1.29, 1.82) is 0 Å². The zero-order valence-electron chi connectivity index (χ0n) is 11.1. The number of amides is 1. The van der Waals surface area contributed by atoms with Gasteiger partial charge in [-0.3, -0.25) is 9.48 Å². The smallest absolute Gasteiger partial charge is 0.228 e. The van der Waals surface area contributed by atoms with Gasteiger partial charge in [0.05, 0.1) is 5.69 Å². The lowest BCUT2D eigenvalue weighted by atomic mass is 9.79. The van der Waals surface area contributed by atoms with Crippen molar-refractivity contribution in [2.24, 2.45) is 24.6 Å². The van der Waals surface area contributed by atoms with Crippen LogP contribution in [0.4, 0.5) is 5.82 Å². The van der Waals surface area contributed by atoms with Crippen molar-refractivity contribution in [2.75, 3.05) is 11.9 Å². The molecule has 2 unspecified atom stereocenters. The molecule has 1 saturated carbocycles. The van der Waals surface area contributed by atoms with Crippen LogP contribution in [-0.2, 0) is 11.8 Å². The lowest BCUT2D eigenvalue weighted by Crippen LogP contribution is -2.36. The minimum atomic E-state index is 0.0546. The van der Waals surface area contributed by atoms with Gasteiger partial charge in [0.15, 0.2) is 0 Å². The van der Waals surface area contributed by atoms with Crippen LogP contribution in [0.2, 0.25) is 0 Å². The molecule has 0 spiro atoms. The van der Waals surface area contributed by atoms with E-state index in [9.17, 15) is 4.79 Å². The second kappa shape index (κ2) is 5.52. The van der Waals surface area contributed by atoms with Crippen molar-refractivity contribution in [3.63, 3.8) is 0 Å². The number of hydrogen-bond donors (Lipinski definition) is 2. The predicted octanol–water partition coefficient (Wildman–Crippen LogP) is 1.43. The van der Waals surface area contributed by atoms with Crippen molar-refractivity contribution in [1.82, 2.24) is 9.78 Å². The number of nitrogens with two attached hydrogens (primary N) is 1. The zero-order valence-corrected chi connectivity index (χ0v) is 11.1. The summed E-state index contributed by atoms with van der Waals surface area (Å²) in [5, 5.41) is 7.20. The quantitative estimate of drug-likeness (QED) is 0.852. The minimum absolute atomic E-state index is 0.0546. The average molecular weight is 250 g/mol. The second-order valence-electron chi connectivity index (χ2n) is 5.17. The van der Waals surface area contributed by atoms with Crippen LogP contribution in [0.25, 0.3) is 0 Å². The highest BCUT2D eigenvalue weighted by atomic mass is 16.2. The summed E-state index contributed by atoms with van der Waals surface area (Å²) in [6.45, 7) is 2.52. The van der Waals surface area contributed by atoms with E-state index in [1.165, 1.54) is 6.42 Å². The molecule has 1 aliphatic carbocycles. The topological polar surface area (TPSA) is 72.9 Å². The Hall–Kier alpha value is -1.36. The van der Waals surface area contributed by atoms with Crippen molar-refractivity contribution < 1.29 is 4.79 Å². The van der Waals surface area contributed by atoms with Crippen LogP contribution in [0.1, 0.15) is 31.4 Å². The van der Waals surface area contributed by atoms with Gasteiger partial charge >= 0.3 is 0 Å². The molecule has 0 saturated heterocycles. The maximum absolute atomic E-state index is 12.3. The SMILES string of the molecule is Cc1cc(NC(=O)C2CCCCC2CN)n(C)n1. The standard InChI is InChI=1S/C13H22N4O/c1-9-7-12(17(2)16-9)15-13(18)11-6-4-3-5-10(11)8-14/h7,10-11H,3-6,8,14H2,1-2H3,(H,15,18). The Labute approximate surface area is 108 Å². The lowest BCUT2D eigenvalue weighted by Gasteiger charge is -2.29. The highest BCUT2D eigenvalue weighted by molar-refractivity contribution is 5.92. The second-order valence-corrected chi connectivity index (χ2v) is 5.17. The van der Waals surface area contributed by atoms with E-state index in [1.54, 1.807) is 4.68 Å². The Morgan fingerprint density at radius 2 is 2.28 bits per heavy atom. The van der Waals surface area contributed by atoms with Crippen molar-refractivity contribution >= 4 is 11.7 Å². The normalized spacial score (nSPS) is 23.9. The molecule has 0 aromatic carbocycles. The predicted molar refractivity (Wildman–Crippen MR) is 71.1 cm³/mol. The number of hydrogen-bond acceptors (Lipinski definition) is 3. The molecule has 5 heteroatoms. The van der Waals surface area contributed by atoms with Crippen LogP contribution in [0.15, 0.2) is 6.07 Å². The van der Waals surface area contributed by atoms with E-state index in [1.807, 2.05) is 20.0 Å². The number of rotatable bonds is 3. The number of nitrogens with one attached hydrogen (secondary N) is 1. The Morgan fingerprint density at radius 3 is 2.89 bits per heavy atom. The first-order valence-electron chi connectivity index (χ1n) is 6.63. The first kappa shape index (κ1) is 13.1. The summed E-state index contributed by atoms with van der Waals surface area (Å²) in [7, 11) is 1.84. The van der Waals surface area contributed by atoms with Crippen LogP contribution in [-0.4, -0.2) is 22.2 Å². The monoisotopic (exact) mass is 250 g/mol. The maximum atomic E-state index is 12.3. The van der Waals surface area contributed by atoms with Gasteiger partial charge in [0.25, 0.3) is 0 Å². The highest BCUT2D eigenvalue weighted by Crippen LogP contribution is 2.30. The molecule has 1 amide bonds. The molecule has 0 radical (unpaired) electrons. The fourth-order valence-electron chi connectivity index (χ4n) is 2.78. The molecule has 2 rings (SSSR count). The molecular formula is C13H22N4O. The number of carbonyl (C=O) groups excluding carboxylic acids is 1. The van der Waals surface area contributed by atoms with E-state index in [2.05, 4.69) is 10.4 Å². The lowest BCUT2D eigenvalue weighted by molar-refractivity contribution is -0.122. The van der Waals surface area contributed by atoms with Gasteiger partial charge in [-0.1, -0.05) is 12.8 Å². The number of aromatic nitrogens is 2. The average Bonchev–Trinajstić information content (AvgIpc) is 2.67. The Kier molecular flexibility index (Phi) is 4.01. The molecule has 0 aliphatic heterocycles. The zero-order chi connectivity index (χ0) is 13.1. The summed E-state index contributed by atoms with van der Waals surface area (Å²) >= 11 is 0. The fourth-order valence-corrected chi connectivity index (χ4v) is 2.78. The molecule has 1 aromatic heterocycles. The van der Waals surface area contributed by atoms with E-state index < -0.39 is 0 Å². The number of nitrogens with zero attached hydrogens (tertiary/aromatic N) is 2. The van der Waals surface area contributed by atoms with Crippen LogP contribution in [0.3, 0.4) is 0 Å². The third-order valence-corrected chi connectivity index (χ3v) is 3.80. The number of anilines is 1. The Morgan fingerprint density at radius 1 is 1.56 bits per heavy atom. The fraction of sp³-hybridized carbons (Fsp3) is 0.692.